The summed E-state index contributed by atoms with van der Waals surface area (Å²) in [5.41, 5.74) is 2.07. The number of esters is 2. The number of thiazole rings is 1. The molecule has 2 heterocycles. The minimum absolute atomic E-state index is 0.211. The zero-order valence-electron chi connectivity index (χ0n) is 22.1. The van der Waals surface area contributed by atoms with Crippen molar-refractivity contribution in [1.29, 1.82) is 0 Å². The van der Waals surface area contributed by atoms with Crippen LogP contribution in [0.2, 0.25) is 0 Å². The average Bonchev–Trinajstić information content (AvgIpc) is 3.19. The third kappa shape index (κ3) is 6.15. The third-order valence-electron chi connectivity index (χ3n) is 5.82. The maximum atomic E-state index is 13.9. The summed E-state index contributed by atoms with van der Waals surface area (Å²) in [5, 5.41) is 0. The van der Waals surface area contributed by atoms with E-state index in [0.717, 1.165) is 10.5 Å². The lowest BCUT2D eigenvalue weighted by molar-refractivity contribution is -0.139. The monoisotopic (exact) mass is 678 g/mol. The Morgan fingerprint density at radius 2 is 1.90 bits per heavy atom. The van der Waals surface area contributed by atoms with Crippen LogP contribution in [0.1, 0.15) is 44.9 Å². The number of hydrogen-bond donors (Lipinski definition) is 0. The van der Waals surface area contributed by atoms with Gasteiger partial charge < -0.3 is 14.2 Å². The highest BCUT2D eigenvalue weighted by Crippen LogP contribution is 2.35. The van der Waals surface area contributed by atoms with Gasteiger partial charge in [0.05, 0.1) is 38.6 Å². The van der Waals surface area contributed by atoms with Gasteiger partial charge >= 0.3 is 11.9 Å². The van der Waals surface area contributed by atoms with Crippen LogP contribution in [-0.2, 0) is 14.3 Å². The highest BCUT2D eigenvalue weighted by atomic mass is 127. The molecule has 0 radical (unpaired) electrons. The highest BCUT2D eigenvalue weighted by molar-refractivity contribution is 14.1. The molecule has 0 bridgehead atoms. The number of benzene rings is 2. The summed E-state index contributed by atoms with van der Waals surface area (Å²) in [6, 6.07) is 10.7. The SMILES string of the molecule is CCOC(=O)C1=C(C)N=c2s/c(=C\c3cc(I)c(OC(C)=O)c(OCC)c3)c(=O)n2[C@H]1c1ccc(SC)cc1. The highest BCUT2D eigenvalue weighted by Gasteiger charge is 2.33. The van der Waals surface area contributed by atoms with E-state index in [4.69, 9.17) is 14.2 Å². The summed E-state index contributed by atoms with van der Waals surface area (Å²) in [6.07, 6.45) is 3.74. The van der Waals surface area contributed by atoms with E-state index in [1.165, 1.54) is 18.3 Å². The number of aromatic nitrogens is 1. The molecular weight excluding hydrogens is 651 g/mol. The van der Waals surface area contributed by atoms with Crippen molar-refractivity contribution in [3.8, 4) is 11.5 Å². The van der Waals surface area contributed by atoms with E-state index in [9.17, 15) is 14.4 Å². The van der Waals surface area contributed by atoms with E-state index in [0.29, 0.717) is 47.8 Å². The molecule has 0 fully saturated rings. The van der Waals surface area contributed by atoms with Crippen LogP contribution in [0.5, 0.6) is 11.5 Å². The van der Waals surface area contributed by atoms with Crippen molar-refractivity contribution < 1.29 is 23.8 Å². The Morgan fingerprint density at radius 1 is 1.18 bits per heavy atom. The van der Waals surface area contributed by atoms with E-state index in [1.54, 1.807) is 42.3 Å². The van der Waals surface area contributed by atoms with Gasteiger partial charge in [-0.3, -0.25) is 14.2 Å². The van der Waals surface area contributed by atoms with Crippen molar-refractivity contribution in [3.05, 3.63) is 82.1 Å². The number of rotatable bonds is 8. The van der Waals surface area contributed by atoms with E-state index in [1.807, 2.05) is 43.5 Å². The van der Waals surface area contributed by atoms with Crippen molar-refractivity contribution in [2.24, 2.45) is 4.99 Å². The topological polar surface area (TPSA) is 96.2 Å². The number of carbonyl (C=O) groups is 2. The molecule has 11 heteroatoms. The van der Waals surface area contributed by atoms with Gasteiger partial charge in [0.2, 0.25) is 0 Å². The van der Waals surface area contributed by atoms with Gasteiger partial charge in [0, 0.05) is 11.8 Å². The molecule has 1 aliphatic rings. The van der Waals surface area contributed by atoms with Gasteiger partial charge in [-0.1, -0.05) is 23.5 Å². The Bertz CT molecular complexity index is 1640. The van der Waals surface area contributed by atoms with Crippen LogP contribution in [0, 0.1) is 3.57 Å². The smallest absolute Gasteiger partial charge is 0.338 e. The molecule has 3 aromatic rings. The molecule has 0 unspecified atom stereocenters. The van der Waals surface area contributed by atoms with Crippen LogP contribution in [0.15, 0.2) is 62.4 Å². The van der Waals surface area contributed by atoms with Gasteiger partial charge in [0.1, 0.15) is 0 Å². The number of nitrogens with zero attached hydrogens (tertiary/aromatic N) is 2. The molecule has 39 heavy (non-hydrogen) atoms. The van der Waals surface area contributed by atoms with E-state index in [2.05, 4.69) is 27.6 Å². The van der Waals surface area contributed by atoms with E-state index in [-0.39, 0.29) is 12.2 Å². The Hall–Kier alpha value is -2.90. The molecule has 1 atom stereocenters. The Balaban J connectivity index is 1.91. The normalized spacial score (nSPS) is 15.0. The fourth-order valence-corrected chi connectivity index (χ4v) is 6.41. The second kappa shape index (κ2) is 12.5. The average molecular weight is 679 g/mol. The molecule has 204 valence electrons. The molecule has 0 saturated carbocycles. The van der Waals surface area contributed by atoms with Crippen molar-refractivity contribution in [2.45, 2.75) is 38.6 Å². The largest absolute Gasteiger partial charge is 0.490 e. The maximum Gasteiger partial charge on any atom is 0.338 e. The van der Waals surface area contributed by atoms with Gasteiger partial charge in [-0.2, -0.15) is 0 Å². The standard InChI is InChI=1S/C28H27IN2O6S2/c1-6-35-21-13-17(12-20(29)25(21)37-16(4)32)14-22-26(33)31-24(18-8-10-19(38-5)11-9-18)23(27(34)36-7-2)15(3)30-28(31)39-22/h8-14,24H,6-7H2,1-5H3/b22-14-/t24-/m0/s1. The summed E-state index contributed by atoms with van der Waals surface area (Å²) in [5.74, 6) is -0.199. The minimum Gasteiger partial charge on any atom is -0.490 e. The Kier molecular flexibility index (Phi) is 9.34. The number of carbonyl (C=O) groups excluding carboxylic acids is 2. The second-order valence-corrected chi connectivity index (χ2v) is 11.5. The first-order valence-corrected chi connectivity index (χ1v) is 15.3. The molecule has 8 nitrogen and oxygen atoms in total. The summed E-state index contributed by atoms with van der Waals surface area (Å²) in [7, 11) is 0. The van der Waals surface area contributed by atoms with Crippen LogP contribution >= 0.6 is 45.7 Å². The third-order valence-corrected chi connectivity index (χ3v) is 8.35. The summed E-state index contributed by atoms with van der Waals surface area (Å²) >= 11 is 4.93. The van der Waals surface area contributed by atoms with Crippen LogP contribution in [0.3, 0.4) is 0 Å². The lowest BCUT2D eigenvalue weighted by Gasteiger charge is -2.24. The number of ether oxygens (including phenoxy) is 3. The molecule has 0 aliphatic carbocycles. The first-order chi connectivity index (χ1) is 18.7. The zero-order valence-corrected chi connectivity index (χ0v) is 25.9. The van der Waals surface area contributed by atoms with Gasteiger partial charge in [0.15, 0.2) is 16.3 Å². The fourth-order valence-electron chi connectivity index (χ4n) is 4.22. The second-order valence-electron chi connectivity index (χ2n) is 8.43. The molecule has 0 saturated heterocycles. The number of allylic oxidation sites excluding steroid dienone is 1. The number of halogens is 1. The fraction of sp³-hybridized carbons (Fsp3) is 0.286. The van der Waals surface area contributed by atoms with Crippen LogP contribution in [0.4, 0.5) is 0 Å². The molecule has 0 spiro atoms. The number of hydrogen-bond acceptors (Lipinski definition) is 9. The van der Waals surface area contributed by atoms with E-state index < -0.39 is 18.0 Å². The predicted molar refractivity (Wildman–Crippen MR) is 160 cm³/mol. The number of fused-ring (bicyclic) bond motifs is 1. The van der Waals surface area contributed by atoms with Gasteiger partial charge in [-0.05, 0) is 91.1 Å². The van der Waals surface area contributed by atoms with Crippen molar-refractivity contribution in [3.63, 3.8) is 0 Å². The summed E-state index contributed by atoms with van der Waals surface area (Å²) < 4.78 is 19.1. The minimum atomic E-state index is -0.677. The molecular formula is C28H27IN2O6S2. The first kappa shape index (κ1) is 29.1. The van der Waals surface area contributed by atoms with Gasteiger partial charge in [0.25, 0.3) is 5.56 Å². The number of thioether (sulfide) groups is 1. The van der Waals surface area contributed by atoms with Crippen LogP contribution in [-0.4, -0.2) is 36.0 Å². The molecule has 0 N–H and O–H groups in total. The van der Waals surface area contributed by atoms with Crippen molar-refractivity contribution >= 4 is 63.7 Å². The zero-order chi connectivity index (χ0) is 28.3. The first-order valence-electron chi connectivity index (χ1n) is 12.2. The maximum absolute atomic E-state index is 13.9. The quantitative estimate of drug-likeness (QED) is 0.151. The molecule has 0 amide bonds. The molecule has 1 aromatic heterocycles. The van der Waals surface area contributed by atoms with Gasteiger partial charge in [-0.25, -0.2) is 9.79 Å². The predicted octanol–water partition coefficient (Wildman–Crippen LogP) is 4.45. The molecule has 1 aliphatic heterocycles. The van der Waals surface area contributed by atoms with Crippen molar-refractivity contribution in [2.75, 3.05) is 19.5 Å². The van der Waals surface area contributed by atoms with E-state index >= 15 is 0 Å². The molecule has 4 rings (SSSR count). The lowest BCUT2D eigenvalue weighted by Crippen LogP contribution is -2.39. The summed E-state index contributed by atoms with van der Waals surface area (Å²) in [4.78, 5) is 44.7. The van der Waals surface area contributed by atoms with Gasteiger partial charge in [-0.15, -0.1) is 11.8 Å². The Labute approximate surface area is 247 Å². The van der Waals surface area contributed by atoms with Crippen LogP contribution < -0.4 is 24.4 Å². The van der Waals surface area contributed by atoms with Crippen molar-refractivity contribution in [1.82, 2.24) is 4.57 Å². The summed E-state index contributed by atoms with van der Waals surface area (Å²) in [6.45, 7) is 7.26. The lowest BCUT2D eigenvalue weighted by atomic mass is 9.96. The molecule has 2 aromatic carbocycles. The Morgan fingerprint density at radius 3 is 2.51 bits per heavy atom. The van der Waals surface area contributed by atoms with Crippen LogP contribution in [0.25, 0.3) is 6.08 Å².